The van der Waals surface area contributed by atoms with Gasteiger partial charge in [0.2, 0.25) is 0 Å². The Morgan fingerprint density at radius 2 is 2.00 bits per heavy atom. The Kier molecular flexibility index (Phi) is 2.88. The molecule has 0 radical (unpaired) electrons. The van der Waals surface area contributed by atoms with Crippen LogP contribution >= 0.6 is 0 Å². The Morgan fingerprint density at radius 1 is 1.47 bits per heavy atom. The molecule has 0 aliphatic rings. The van der Waals surface area contributed by atoms with Gasteiger partial charge in [0, 0.05) is 0 Å². The summed E-state index contributed by atoms with van der Waals surface area (Å²) < 4.78 is 1.87. The lowest BCUT2D eigenvalue weighted by Crippen LogP contribution is -2.27. The number of nitrogens with two attached hydrogens (primary N) is 1. The molecule has 4 heteroatoms. The summed E-state index contributed by atoms with van der Waals surface area (Å²) in [5.74, 6) is -0.177. The molecule has 0 aliphatic heterocycles. The molecule has 0 atom stereocenters. The Balaban J connectivity index is 3.37. The SMILES string of the molecule is CC(C)c1c(C(N)=O)cnn1C(C)(C)C. The zero-order valence-electron chi connectivity index (χ0n) is 10.0. The molecule has 84 valence electrons. The van der Waals surface area contributed by atoms with Crippen molar-refractivity contribution in [3.63, 3.8) is 0 Å². The van der Waals surface area contributed by atoms with Crippen LogP contribution in [0.15, 0.2) is 6.20 Å². The van der Waals surface area contributed by atoms with Crippen molar-refractivity contribution in [1.29, 1.82) is 0 Å². The van der Waals surface area contributed by atoms with Crippen LogP contribution in [-0.4, -0.2) is 15.7 Å². The number of aromatic nitrogens is 2. The molecular weight excluding hydrogens is 190 g/mol. The lowest BCUT2D eigenvalue weighted by atomic mass is 10.0. The van der Waals surface area contributed by atoms with Crippen LogP contribution in [0.25, 0.3) is 0 Å². The van der Waals surface area contributed by atoms with Crippen LogP contribution in [0, 0.1) is 0 Å². The van der Waals surface area contributed by atoms with E-state index in [1.807, 2.05) is 18.5 Å². The van der Waals surface area contributed by atoms with E-state index >= 15 is 0 Å². The van der Waals surface area contributed by atoms with E-state index in [0.717, 1.165) is 5.69 Å². The summed E-state index contributed by atoms with van der Waals surface area (Å²) >= 11 is 0. The highest BCUT2D eigenvalue weighted by atomic mass is 16.1. The average Bonchev–Trinajstić information content (AvgIpc) is 2.45. The number of hydrogen-bond acceptors (Lipinski definition) is 2. The summed E-state index contributed by atoms with van der Waals surface area (Å²) in [5, 5.41) is 4.25. The molecule has 0 spiro atoms. The molecule has 1 heterocycles. The molecule has 0 aliphatic carbocycles. The van der Waals surface area contributed by atoms with E-state index < -0.39 is 5.91 Å². The zero-order chi connectivity index (χ0) is 11.8. The first-order chi connectivity index (χ1) is 6.75. The number of carbonyl (C=O) groups excluding carboxylic acids is 1. The zero-order valence-corrected chi connectivity index (χ0v) is 10.0. The minimum atomic E-state index is -0.408. The average molecular weight is 209 g/mol. The van der Waals surface area contributed by atoms with Crippen molar-refractivity contribution in [2.75, 3.05) is 0 Å². The lowest BCUT2D eigenvalue weighted by molar-refractivity contribution is 0.0998. The van der Waals surface area contributed by atoms with Gasteiger partial charge < -0.3 is 5.73 Å². The first-order valence-corrected chi connectivity index (χ1v) is 5.13. The van der Waals surface area contributed by atoms with Crippen LogP contribution < -0.4 is 5.73 Å². The number of primary amides is 1. The Bertz CT molecular complexity index is 372. The van der Waals surface area contributed by atoms with E-state index in [1.54, 1.807) is 6.20 Å². The van der Waals surface area contributed by atoms with Crippen molar-refractivity contribution in [2.24, 2.45) is 5.73 Å². The van der Waals surface area contributed by atoms with Gasteiger partial charge in [0.15, 0.2) is 0 Å². The molecule has 0 saturated carbocycles. The van der Waals surface area contributed by atoms with Crippen molar-refractivity contribution < 1.29 is 4.79 Å². The van der Waals surface area contributed by atoms with Crippen LogP contribution in [0.3, 0.4) is 0 Å². The fourth-order valence-corrected chi connectivity index (χ4v) is 1.64. The van der Waals surface area contributed by atoms with Crippen LogP contribution in [-0.2, 0) is 5.54 Å². The number of carbonyl (C=O) groups is 1. The molecule has 15 heavy (non-hydrogen) atoms. The number of hydrogen-bond donors (Lipinski definition) is 1. The van der Waals surface area contributed by atoms with Gasteiger partial charge in [-0.2, -0.15) is 5.10 Å². The van der Waals surface area contributed by atoms with E-state index in [0.29, 0.717) is 5.56 Å². The van der Waals surface area contributed by atoms with Crippen LogP contribution in [0.5, 0.6) is 0 Å². The number of rotatable bonds is 2. The summed E-state index contributed by atoms with van der Waals surface area (Å²) in [5.41, 5.74) is 6.62. The van der Waals surface area contributed by atoms with Crippen molar-refractivity contribution in [3.8, 4) is 0 Å². The smallest absolute Gasteiger partial charge is 0.252 e. The van der Waals surface area contributed by atoms with Gasteiger partial charge in [0.25, 0.3) is 5.91 Å². The van der Waals surface area contributed by atoms with Gasteiger partial charge in [-0.1, -0.05) is 13.8 Å². The van der Waals surface area contributed by atoms with Crippen molar-refractivity contribution in [1.82, 2.24) is 9.78 Å². The van der Waals surface area contributed by atoms with E-state index in [4.69, 9.17) is 5.73 Å². The Hall–Kier alpha value is -1.32. The van der Waals surface area contributed by atoms with Gasteiger partial charge in [-0.15, -0.1) is 0 Å². The van der Waals surface area contributed by atoms with Crippen molar-refractivity contribution in [3.05, 3.63) is 17.5 Å². The molecular formula is C11H19N3O. The molecule has 1 aromatic heterocycles. The second-order valence-electron chi connectivity index (χ2n) is 5.05. The van der Waals surface area contributed by atoms with Gasteiger partial charge in [-0.05, 0) is 26.7 Å². The first-order valence-electron chi connectivity index (χ1n) is 5.13. The quantitative estimate of drug-likeness (QED) is 0.808. The highest BCUT2D eigenvalue weighted by Gasteiger charge is 2.24. The normalized spacial score (nSPS) is 12.1. The molecule has 4 nitrogen and oxygen atoms in total. The molecule has 2 N–H and O–H groups in total. The second kappa shape index (κ2) is 3.68. The van der Waals surface area contributed by atoms with E-state index in [9.17, 15) is 4.79 Å². The molecule has 0 bridgehead atoms. The standard InChI is InChI=1S/C11H19N3O/c1-7(2)9-8(10(12)15)6-13-14(9)11(3,4)5/h6-7H,1-5H3,(H2,12,15). The summed E-state index contributed by atoms with van der Waals surface area (Å²) in [7, 11) is 0. The van der Waals surface area contributed by atoms with E-state index in [-0.39, 0.29) is 11.5 Å². The van der Waals surface area contributed by atoms with Crippen LogP contribution in [0.1, 0.15) is 56.6 Å². The summed E-state index contributed by atoms with van der Waals surface area (Å²) in [6.07, 6.45) is 1.56. The maximum Gasteiger partial charge on any atom is 0.252 e. The molecule has 1 amide bonds. The van der Waals surface area contributed by atoms with Gasteiger partial charge in [-0.3, -0.25) is 9.48 Å². The molecule has 0 aromatic carbocycles. The molecule has 0 unspecified atom stereocenters. The summed E-state index contributed by atoms with van der Waals surface area (Å²) in [4.78, 5) is 11.2. The van der Waals surface area contributed by atoms with Gasteiger partial charge >= 0.3 is 0 Å². The van der Waals surface area contributed by atoms with Crippen LogP contribution in [0.2, 0.25) is 0 Å². The maximum absolute atomic E-state index is 11.2. The van der Waals surface area contributed by atoms with Crippen molar-refractivity contribution in [2.45, 2.75) is 46.1 Å². The third kappa shape index (κ3) is 2.19. The van der Waals surface area contributed by atoms with Crippen LogP contribution in [0.4, 0.5) is 0 Å². The third-order valence-corrected chi connectivity index (χ3v) is 2.25. The highest BCUT2D eigenvalue weighted by Crippen LogP contribution is 2.25. The van der Waals surface area contributed by atoms with Gasteiger partial charge in [-0.25, -0.2) is 0 Å². The third-order valence-electron chi connectivity index (χ3n) is 2.25. The van der Waals surface area contributed by atoms with Gasteiger partial charge in [0.1, 0.15) is 0 Å². The van der Waals surface area contributed by atoms with Crippen molar-refractivity contribution >= 4 is 5.91 Å². The Labute approximate surface area is 90.5 Å². The topological polar surface area (TPSA) is 60.9 Å². The summed E-state index contributed by atoms with van der Waals surface area (Å²) in [6, 6.07) is 0. The van der Waals surface area contributed by atoms with Gasteiger partial charge in [0.05, 0.1) is 23.0 Å². The highest BCUT2D eigenvalue weighted by molar-refractivity contribution is 5.93. The molecule has 1 rings (SSSR count). The fourth-order valence-electron chi connectivity index (χ4n) is 1.64. The minimum Gasteiger partial charge on any atom is -0.365 e. The predicted octanol–water partition coefficient (Wildman–Crippen LogP) is 1.86. The molecule has 0 fully saturated rings. The lowest BCUT2D eigenvalue weighted by Gasteiger charge is -2.24. The fraction of sp³-hybridized carbons (Fsp3) is 0.636. The van der Waals surface area contributed by atoms with E-state index in [2.05, 4.69) is 25.9 Å². The largest absolute Gasteiger partial charge is 0.365 e. The molecule has 0 saturated heterocycles. The second-order valence-corrected chi connectivity index (χ2v) is 5.05. The number of nitrogens with zero attached hydrogens (tertiary/aromatic N) is 2. The minimum absolute atomic E-state index is 0.132. The monoisotopic (exact) mass is 209 g/mol. The maximum atomic E-state index is 11.2. The summed E-state index contributed by atoms with van der Waals surface area (Å²) in [6.45, 7) is 10.2. The Morgan fingerprint density at radius 3 is 2.33 bits per heavy atom. The predicted molar refractivity (Wildman–Crippen MR) is 59.8 cm³/mol. The first kappa shape index (κ1) is 11.8. The van der Waals surface area contributed by atoms with E-state index in [1.165, 1.54) is 0 Å². The molecule has 1 aromatic rings. The number of amides is 1.